The van der Waals surface area contributed by atoms with E-state index in [2.05, 4.69) is 114 Å². The Morgan fingerprint density at radius 2 is 0.952 bits per heavy atom. The molecule has 0 spiro atoms. The van der Waals surface area contributed by atoms with Crippen LogP contribution in [0.3, 0.4) is 0 Å². The second-order valence-electron chi connectivity index (χ2n) is 18.0. The van der Waals surface area contributed by atoms with Gasteiger partial charge in [-0.3, -0.25) is 0 Å². The molecule has 0 amide bonds. The number of nitrogens with zero attached hydrogens (tertiary/aromatic N) is 2. The summed E-state index contributed by atoms with van der Waals surface area (Å²) in [5.74, 6) is 7.17. The fourth-order valence-corrected chi connectivity index (χ4v) is 9.37. The fourth-order valence-electron chi connectivity index (χ4n) is 8.60. The monoisotopic (exact) mass is 951 g/mol. The van der Waals surface area contributed by atoms with Gasteiger partial charge in [-0.05, 0) is 73.9 Å². The van der Waals surface area contributed by atoms with Crippen molar-refractivity contribution in [2.75, 3.05) is 0 Å². The summed E-state index contributed by atoms with van der Waals surface area (Å²) in [4.78, 5) is 2.79. The molecule has 0 fully saturated rings. The van der Waals surface area contributed by atoms with E-state index in [1.54, 1.807) is 0 Å². The summed E-state index contributed by atoms with van der Waals surface area (Å²) in [7, 11) is 0. The predicted octanol–water partition coefficient (Wildman–Crippen LogP) is 20.2. The molecule has 63 heavy (non-hydrogen) atoms. The second-order valence-corrected chi connectivity index (χ2v) is 21.0. The number of hydrogen-bond acceptors (Lipinski definition) is 0. The summed E-state index contributed by atoms with van der Waals surface area (Å²) in [6.45, 7) is 13.4. The molecule has 0 saturated carbocycles. The first-order valence-electron chi connectivity index (χ1n) is 26.8. The van der Waals surface area contributed by atoms with E-state index in [1.165, 1.54) is 193 Å². The molecule has 2 aromatic rings. The molecule has 1 aliphatic rings. The molecule has 0 aromatic heterocycles. The fraction of sp³-hybridized carbons (Fsp3) is 0.667. The Morgan fingerprint density at radius 3 is 1.40 bits per heavy atom. The minimum atomic E-state index is 0.811. The Morgan fingerprint density at radius 1 is 0.492 bits per heavy atom. The van der Waals surface area contributed by atoms with Crippen LogP contribution in [0, 0.1) is 11.8 Å². The van der Waals surface area contributed by atoms with Crippen molar-refractivity contribution in [2.24, 2.45) is 0 Å². The summed E-state index contributed by atoms with van der Waals surface area (Å²) in [6, 6.07) is 17.5. The molecule has 0 radical (unpaired) electrons. The van der Waals surface area contributed by atoms with Gasteiger partial charge in [-0.15, -0.1) is 0 Å². The average molecular weight is 952 g/mol. The van der Waals surface area contributed by atoms with Crippen LogP contribution in [-0.2, 0) is 30.8 Å². The summed E-state index contributed by atoms with van der Waals surface area (Å²) in [6.07, 6.45) is 46.9. The van der Waals surface area contributed by atoms with Crippen LogP contribution in [0.25, 0.3) is 16.9 Å². The van der Waals surface area contributed by atoms with Gasteiger partial charge in [0.15, 0.2) is 0 Å². The quantitative estimate of drug-likeness (QED) is 0.0282. The maximum atomic E-state index is 12.0. The van der Waals surface area contributed by atoms with Crippen molar-refractivity contribution in [2.45, 2.75) is 257 Å². The van der Waals surface area contributed by atoms with Crippen molar-refractivity contribution in [1.82, 2.24) is 0 Å². The number of aryl methyl sites for hydroxylation is 2. The van der Waals surface area contributed by atoms with Gasteiger partial charge < -0.3 is 5.53 Å². The third-order valence-electron chi connectivity index (χ3n) is 12.5. The Labute approximate surface area is 400 Å². The van der Waals surface area contributed by atoms with Crippen LogP contribution in [0.4, 0.5) is 0 Å². The van der Waals surface area contributed by atoms with Crippen LogP contribution in [-0.4, -0.2) is 4.70 Å². The van der Waals surface area contributed by atoms with Crippen LogP contribution < -0.4 is 0 Å². The molecule has 2 nitrogen and oxygen atoms in total. The van der Waals surface area contributed by atoms with Gasteiger partial charge in [0.25, 0.3) is 0 Å². The summed E-state index contributed by atoms with van der Waals surface area (Å²) < 4.78 is 1.43. The van der Waals surface area contributed by atoms with Crippen molar-refractivity contribution in [3.63, 3.8) is 0 Å². The molecule has 1 aliphatic heterocycles. The van der Waals surface area contributed by atoms with Crippen molar-refractivity contribution in [1.29, 1.82) is 0 Å². The van der Waals surface area contributed by atoms with Crippen LogP contribution in [0.5, 0.6) is 0 Å². The molecular formula is C60H96N2Pd. The minimum absolute atomic E-state index is 0.811. The van der Waals surface area contributed by atoms with Gasteiger partial charge in [0, 0.05) is 17.5 Å². The van der Waals surface area contributed by atoms with Gasteiger partial charge >= 0.3 is 41.6 Å². The third-order valence-corrected chi connectivity index (χ3v) is 14.0. The molecule has 1 heterocycles. The summed E-state index contributed by atoms with van der Waals surface area (Å²) in [5.41, 5.74) is 20.3. The summed E-state index contributed by atoms with van der Waals surface area (Å²) >= 11 is 1.04. The van der Waals surface area contributed by atoms with E-state index < -0.39 is 0 Å². The van der Waals surface area contributed by atoms with E-state index in [0.29, 0.717) is 0 Å². The van der Waals surface area contributed by atoms with E-state index in [4.69, 9.17) is 0 Å². The third kappa shape index (κ3) is 25.7. The van der Waals surface area contributed by atoms with E-state index in [0.717, 1.165) is 90.2 Å². The van der Waals surface area contributed by atoms with E-state index in [1.807, 2.05) is 0 Å². The van der Waals surface area contributed by atoms with Crippen molar-refractivity contribution in [3.05, 3.63) is 99.6 Å². The second kappa shape index (κ2) is 39.8. The number of benzene rings is 2. The Kier molecular flexibility index (Phi) is 35.8. The molecule has 0 unspecified atom stereocenters. The van der Waals surface area contributed by atoms with E-state index >= 15 is 0 Å². The predicted molar refractivity (Wildman–Crippen MR) is 277 cm³/mol. The van der Waals surface area contributed by atoms with Gasteiger partial charge in [0.2, 0.25) is 11.4 Å². The topological polar surface area (TPSA) is 25.3 Å². The average Bonchev–Trinajstić information content (AvgIpc) is 3.58. The van der Waals surface area contributed by atoms with Crippen LogP contribution in [0.15, 0.2) is 71.8 Å². The first-order chi connectivity index (χ1) is 31.1. The van der Waals surface area contributed by atoms with Crippen LogP contribution >= 0.6 is 0 Å². The first-order valence-corrected chi connectivity index (χ1v) is 29.0. The van der Waals surface area contributed by atoms with Gasteiger partial charge in [0.1, 0.15) is 5.57 Å². The molecule has 0 bridgehead atoms. The molecule has 3 rings (SSSR count). The molecule has 356 valence electrons. The molecule has 2 aromatic carbocycles. The number of allylic oxidation sites excluding steroid dienone is 4. The zero-order chi connectivity index (χ0) is 45.4. The Balaban J connectivity index is 0.00000257. The maximum absolute atomic E-state index is 12.0. The molecule has 0 saturated heterocycles. The SMILES string of the molecule is CCC=CC1=C(c2ccc(CCCC)cc2)[N+](=[N-])C(c2cccc(CCCC)c2)=C1C#CCCCCCCCCCCCCCCCCCCCCCCCCCC.C[CH2][Pd][CH2]C. The molecular weight excluding hydrogens is 855 g/mol. The Hall–Kier alpha value is -2.52. The summed E-state index contributed by atoms with van der Waals surface area (Å²) in [5, 5.41) is 0. The van der Waals surface area contributed by atoms with Crippen LogP contribution in [0.2, 0.25) is 9.79 Å². The standard InChI is InChI=1S/C56H86N2.2C2H5.Pd/c1-5-9-13-14-15-16-17-18-19-20-21-22-23-24-25-26-27-28-29-30-31-32-33-34-35-36-43-54-53(42-12-8-4)55(51-46-44-49(45-47-51)38-10-6-2)58(57)56(54)52-41-37-40-50(48-52)39-11-7-3;2*1-2;/h12,37,40-42,44-48H,5-11,13-35,38-39H2,1-4H3;2*1H2,2H3;. The van der Waals surface area contributed by atoms with Crippen molar-refractivity contribution >= 4 is 11.4 Å². The molecule has 0 aliphatic carbocycles. The van der Waals surface area contributed by atoms with E-state index in [-0.39, 0.29) is 0 Å². The molecule has 0 atom stereocenters. The number of unbranched alkanes of at least 4 members (excludes halogenated alkanes) is 26. The van der Waals surface area contributed by atoms with Gasteiger partial charge in [-0.1, -0.05) is 236 Å². The van der Waals surface area contributed by atoms with Gasteiger partial charge in [-0.25, -0.2) is 4.70 Å². The molecule has 0 N–H and O–H groups in total. The van der Waals surface area contributed by atoms with Gasteiger partial charge in [-0.2, -0.15) is 0 Å². The van der Waals surface area contributed by atoms with Crippen molar-refractivity contribution in [3.8, 4) is 11.8 Å². The van der Waals surface area contributed by atoms with Gasteiger partial charge in [0.05, 0.1) is 5.57 Å². The van der Waals surface area contributed by atoms with Crippen molar-refractivity contribution < 1.29 is 22.7 Å². The number of hydrogen-bond donors (Lipinski definition) is 0. The number of rotatable bonds is 36. The normalized spacial score (nSPS) is 12.7. The zero-order valence-electron chi connectivity index (χ0n) is 42.0. The van der Waals surface area contributed by atoms with Crippen LogP contribution in [0.1, 0.15) is 256 Å². The molecule has 3 heteroatoms. The van der Waals surface area contributed by atoms with E-state index in [9.17, 15) is 5.53 Å². The zero-order valence-corrected chi connectivity index (χ0v) is 43.6. The first kappa shape index (κ1) is 56.6. The Bertz CT molecular complexity index is 1600.